The van der Waals surface area contributed by atoms with Crippen molar-refractivity contribution in [3.05, 3.63) is 71.2 Å². The number of thiazole rings is 1. The maximum Gasteiger partial charge on any atom is 0.180 e. The van der Waals surface area contributed by atoms with Crippen LogP contribution in [-0.2, 0) is 6.61 Å². The van der Waals surface area contributed by atoms with Crippen molar-refractivity contribution in [2.45, 2.75) is 19.6 Å². The summed E-state index contributed by atoms with van der Waals surface area (Å²) in [4.78, 5) is 4.23. The van der Waals surface area contributed by atoms with Crippen LogP contribution < -0.4 is 15.2 Å². The molecule has 0 radical (unpaired) electrons. The fraction of sp³-hybridized carbons (Fsp3) is 0.167. The van der Waals surface area contributed by atoms with Crippen LogP contribution in [0.3, 0.4) is 0 Å². The molecule has 0 aliphatic heterocycles. The van der Waals surface area contributed by atoms with Gasteiger partial charge in [-0.2, -0.15) is 0 Å². The molecule has 23 heavy (non-hydrogen) atoms. The van der Waals surface area contributed by atoms with Crippen LogP contribution in [0.1, 0.15) is 24.3 Å². The van der Waals surface area contributed by atoms with Gasteiger partial charge in [0.05, 0.1) is 5.69 Å². The first-order valence-electron chi connectivity index (χ1n) is 7.35. The molecule has 4 nitrogen and oxygen atoms in total. The average Bonchev–Trinajstić information content (AvgIpc) is 3.02. The number of ether oxygens (including phenoxy) is 2. The third-order valence-electron chi connectivity index (χ3n) is 3.34. The molecule has 3 rings (SSSR count). The number of benzene rings is 2. The van der Waals surface area contributed by atoms with Crippen molar-refractivity contribution in [2.24, 2.45) is 0 Å². The van der Waals surface area contributed by atoms with Gasteiger partial charge in [0, 0.05) is 5.38 Å². The molecule has 1 unspecified atom stereocenters. The molecule has 0 fully saturated rings. The van der Waals surface area contributed by atoms with Gasteiger partial charge in [0.15, 0.2) is 5.13 Å². The number of anilines is 1. The highest BCUT2D eigenvalue weighted by molar-refractivity contribution is 7.13. The van der Waals surface area contributed by atoms with E-state index in [2.05, 4.69) is 4.98 Å². The van der Waals surface area contributed by atoms with E-state index in [4.69, 9.17) is 15.2 Å². The van der Waals surface area contributed by atoms with Crippen molar-refractivity contribution < 1.29 is 9.47 Å². The molecule has 0 aliphatic rings. The van der Waals surface area contributed by atoms with Crippen LogP contribution in [0.25, 0.3) is 0 Å². The summed E-state index contributed by atoms with van der Waals surface area (Å²) in [6.07, 6.45) is -0.139. The van der Waals surface area contributed by atoms with Crippen molar-refractivity contribution in [1.29, 1.82) is 0 Å². The highest BCUT2D eigenvalue weighted by atomic mass is 32.1. The van der Waals surface area contributed by atoms with E-state index in [1.54, 1.807) is 0 Å². The maximum atomic E-state index is 5.86. The zero-order valence-corrected chi connectivity index (χ0v) is 13.6. The normalized spacial score (nSPS) is 11.9. The average molecular weight is 326 g/mol. The van der Waals surface area contributed by atoms with Crippen LogP contribution in [0.15, 0.2) is 60.0 Å². The predicted octanol–water partition coefficient (Wildman–Crippen LogP) is 4.44. The number of nitrogen functional groups attached to an aromatic ring is 1. The second-order valence-corrected chi connectivity index (χ2v) is 6.01. The molecule has 0 saturated heterocycles. The molecule has 1 aromatic heterocycles. The Morgan fingerprint density at radius 2 is 1.74 bits per heavy atom. The van der Waals surface area contributed by atoms with Crippen molar-refractivity contribution in [3.63, 3.8) is 0 Å². The van der Waals surface area contributed by atoms with Crippen LogP contribution in [-0.4, -0.2) is 4.98 Å². The van der Waals surface area contributed by atoms with Gasteiger partial charge in [-0.05, 0) is 36.8 Å². The Labute approximate surface area is 139 Å². The van der Waals surface area contributed by atoms with E-state index in [1.807, 2.05) is 66.9 Å². The summed E-state index contributed by atoms with van der Waals surface area (Å²) in [5, 5.41) is 2.47. The topological polar surface area (TPSA) is 57.4 Å². The number of aromatic nitrogens is 1. The predicted molar refractivity (Wildman–Crippen MR) is 92.8 cm³/mol. The Kier molecular flexibility index (Phi) is 4.78. The van der Waals surface area contributed by atoms with Crippen LogP contribution in [0, 0.1) is 0 Å². The van der Waals surface area contributed by atoms with Gasteiger partial charge in [-0.1, -0.05) is 30.3 Å². The molecular formula is C18H18N2O2S. The highest BCUT2D eigenvalue weighted by Crippen LogP contribution is 2.25. The Balaban J connectivity index is 1.56. The van der Waals surface area contributed by atoms with Crippen LogP contribution in [0.5, 0.6) is 11.5 Å². The second kappa shape index (κ2) is 7.15. The SMILES string of the molecule is CC(Oc1ccc(OCc2ccccc2)cc1)c1csc(N)n1. The maximum absolute atomic E-state index is 5.86. The number of nitrogens with two attached hydrogens (primary N) is 1. The summed E-state index contributed by atoms with van der Waals surface area (Å²) in [6, 6.07) is 17.7. The molecule has 0 spiro atoms. The Hall–Kier alpha value is -2.53. The lowest BCUT2D eigenvalue weighted by Gasteiger charge is -2.13. The molecule has 2 N–H and O–H groups in total. The van der Waals surface area contributed by atoms with Gasteiger partial charge in [0.25, 0.3) is 0 Å². The van der Waals surface area contributed by atoms with Crippen molar-refractivity contribution in [2.75, 3.05) is 5.73 Å². The summed E-state index contributed by atoms with van der Waals surface area (Å²) in [5.74, 6) is 1.59. The van der Waals surface area contributed by atoms with Gasteiger partial charge in [-0.3, -0.25) is 0 Å². The fourth-order valence-electron chi connectivity index (χ4n) is 2.11. The van der Waals surface area contributed by atoms with E-state index in [0.717, 1.165) is 22.8 Å². The summed E-state index contributed by atoms with van der Waals surface area (Å²) in [6.45, 7) is 2.50. The van der Waals surface area contributed by atoms with Crippen molar-refractivity contribution in [1.82, 2.24) is 4.98 Å². The van der Waals surface area contributed by atoms with E-state index < -0.39 is 0 Å². The highest BCUT2D eigenvalue weighted by Gasteiger charge is 2.11. The monoisotopic (exact) mass is 326 g/mol. The van der Waals surface area contributed by atoms with Gasteiger partial charge in [0.1, 0.15) is 24.2 Å². The first-order chi connectivity index (χ1) is 11.2. The van der Waals surface area contributed by atoms with Gasteiger partial charge >= 0.3 is 0 Å². The quantitative estimate of drug-likeness (QED) is 0.727. The first kappa shape index (κ1) is 15.4. The van der Waals surface area contributed by atoms with E-state index >= 15 is 0 Å². The molecule has 0 saturated carbocycles. The summed E-state index contributed by atoms with van der Waals surface area (Å²) in [7, 11) is 0. The Morgan fingerprint density at radius 3 is 2.39 bits per heavy atom. The molecule has 0 aliphatic carbocycles. The van der Waals surface area contributed by atoms with E-state index in [9.17, 15) is 0 Å². The summed E-state index contributed by atoms with van der Waals surface area (Å²) >= 11 is 1.42. The third-order valence-corrected chi connectivity index (χ3v) is 4.03. The van der Waals surface area contributed by atoms with E-state index in [-0.39, 0.29) is 6.10 Å². The zero-order chi connectivity index (χ0) is 16.1. The second-order valence-electron chi connectivity index (χ2n) is 5.12. The first-order valence-corrected chi connectivity index (χ1v) is 8.23. The molecule has 3 aromatic rings. The summed E-state index contributed by atoms with van der Waals surface area (Å²) < 4.78 is 11.6. The van der Waals surface area contributed by atoms with Crippen LogP contribution in [0.4, 0.5) is 5.13 Å². The minimum atomic E-state index is -0.139. The number of hydrogen-bond donors (Lipinski definition) is 1. The van der Waals surface area contributed by atoms with Gasteiger partial charge in [-0.25, -0.2) is 4.98 Å². The van der Waals surface area contributed by atoms with E-state index in [0.29, 0.717) is 11.7 Å². The minimum absolute atomic E-state index is 0.139. The largest absolute Gasteiger partial charge is 0.489 e. The molecule has 118 valence electrons. The number of hydrogen-bond acceptors (Lipinski definition) is 5. The number of rotatable bonds is 6. The van der Waals surface area contributed by atoms with E-state index in [1.165, 1.54) is 11.3 Å². The lowest BCUT2D eigenvalue weighted by molar-refractivity contribution is 0.222. The van der Waals surface area contributed by atoms with Gasteiger partial charge < -0.3 is 15.2 Å². The number of nitrogens with zero attached hydrogens (tertiary/aromatic N) is 1. The fourth-order valence-corrected chi connectivity index (χ4v) is 2.75. The molecule has 1 heterocycles. The standard InChI is InChI=1S/C18H18N2O2S/c1-13(17-12-23-18(19)20-17)22-16-9-7-15(8-10-16)21-11-14-5-3-2-4-6-14/h2-10,12-13H,11H2,1H3,(H2,19,20). The third kappa shape index (κ3) is 4.23. The zero-order valence-electron chi connectivity index (χ0n) is 12.8. The summed E-state index contributed by atoms with van der Waals surface area (Å²) in [5.41, 5.74) is 7.63. The van der Waals surface area contributed by atoms with Gasteiger partial charge in [-0.15, -0.1) is 11.3 Å². The molecule has 2 aromatic carbocycles. The van der Waals surface area contributed by atoms with Crippen molar-refractivity contribution >= 4 is 16.5 Å². The molecule has 1 atom stereocenters. The lowest BCUT2D eigenvalue weighted by atomic mass is 10.2. The van der Waals surface area contributed by atoms with Crippen LogP contribution >= 0.6 is 11.3 Å². The van der Waals surface area contributed by atoms with Gasteiger partial charge in [0.2, 0.25) is 0 Å². The molecule has 0 bridgehead atoms. The Morgan fingerprint density at radius 1 is 1.04 bits per heavy atom. The molecular weight excluding hydrogens is 308 g/mol. The smallest absolute Gasteiger partial charge is 0.180 e. The molecule has 5 heteroatoms. The van der Waals surface area contributed by atoms with Crippen LogP contribution in [0.2, 0.25) is 0 Å². The lowest BCUT2D eigenvalue weighted by Crippen LogP contribution is -2.03. The van der Waals surface area contributed by atoms with Crippen molar-refractivity contribution in [3.8, 4) is 11.5 Å². The molecule has 0 amide bonds. The Bertz CT molecular complexity index is 741. The minimum Gasteiger partial charge on any atom is -0.489 e.